The molecule has 1 N–H and O–H groups in total. The maximum Gasteiger partial charge on any atom is 0.246 e. The van der Waals surface area contributed by atoms with Gasteiger partial charge in [-0.2, -0.15) is 0 Å². The quantitative estimate of drug-likeness (QED) is 0.0473. The molecule has 1 saturated heterocycles. The van der Waals surface area contributed by atoms with Crippen molar-refractivity contribution in [1.29, 1.82) is 0 Å². The highest BCUT2D eigenvalue weighted by atomic mass is 16.6. The van der Waals surface area contributed by atoms with Crippen LogP contribution in [-0.4, -0.2) is 139 Å². The van der Waals surface area contributed by atoms with Crippen LogP contribution in [-0.2, 0) is 33.3 Å². The Labute approximate surface area is 311 Å². The third-order valence-electron chi connectivity index (χ3n) is 9.40. The molecule has 1 rings (SSSR count). The summed E-state index contributed by atoms with van der Waals surface area (Å²) in [4.78, 5) is 40.1. The number of nitrogens with one attached hydrogen (secondary N) is 1. The Morgan fingerprint density at radius 2 is 0.902 bits per heavy atom. The molecule has 0 bridgehead atoms. The molecule has 11 nitrogen and oxygen atoms in total. The van der Waals surface area contributed by atoms with Gasteiger partial charge in [-0.1, -0.05) is 102 Å². The predicted octanol–water partition coefficient (Wildman–Crippen LogP) is 6.00. The van der Waals surface area contributed by atoms with Gasteiger partial charge in [0.2, 0.25) is 18.7 Å². The Bertz CT molecular complexity index is 787. The number of amides is 3. The number of hydrogen-bond donors (Lipinski definition) is 1. The molecule has 0 unspecified atom stereocenters. The minimum Gasteiger partial charge on any atom is -0.379 e. The zero-order valence-corrected chi connectivity index (χ0v) is 32.4. The number of rotatable bonds is 37. The van der Waals surface area contributed by atoms with Crippen LogP contribution < -0.4 is 5.32 Å². The van der Waals surface area contributed by atoms with Crippen molar-refractivity contribution in [2.24, 2.45) is 0 Å². The van der Waals surface area contributed by atoms with Crippen LogP contribution in [0.3, 0.4) is 0 Å². The van der Waals surface area contributed by atoms with E-state index in [9.17, 15) is 14.4 Å². The molecule has 0 atom stereocenters. The van der Waals surface area contributed by atoms with Crippen molar-refractivity contribution >= 4 is 18.7 Å². The lowest BCUT2D eigenvalue weighted by molar-refractivity contribution is -0.126. The van der Waals surface area contributed by atoms with Crippen LogP contribution in [0.4, 0.5) is 0 Å². The summed E-state index contributed by atoms with van der Waals surface area (Å²) in [5.74, 6) is -0.152. The van der Waals surface area contributed by atoms with Crippen LogP contribution in [0.2, 0.25) is 0 Å². The summed E-state index contributed by atoms with van der Waals surface area (Å²) < 4.78 is 22.2. The van der Waals surface area contributed by atoms with Crippen molar-refractivity contribution in [2.45, 2.75) is 122 Å². The lowest BCUT2D eigenvalue weighted by atomic mass is 10.0. The molecule has 0 aromatic heterocycles. The first-order valence-corrected chi connectivity index (χ1v) is 20.5. The van der Waals surface area contributed by atoms with Gasteiger partial charge >= 0.3 is 0 Å². The molecule has 298 valence electrons. The summed E-state index contributed by atoms with van der Waals surface area (Å²) in [5, 5.41) is 2.88. The fourth-order valence-electron chi connectivity index (χ4n) is 6.12. The van der Waals surface area contributed by atoms with E-state index in [1.54, 1.807) is 9.80 Å². The van der Waals surface area contributed by atoms with E-state index in [0.717, 1.165) is 51.9 Å². The van der Waals surface area contributed by atoms with E-state index in [1.165, 1.54) is 109 Å². The number of allylic oxidation sites excluding steroid dienone is 1. The van der Waals surface area contributed by atoms with Gasteiger partial charge < -0.3 is 34.1 Å². The van der Waals surface area contributed by atoms with Crippen molar-refractivity contribution in [3.05, 3.63) is 12.7 Å². The van der Waals surface area contributed by atoms with E-state index in [0.29, 0.717) is 72.4 Å². The minimum atomic E-state index is -0.152. The number of carbonyl (C=O) groups is 3. The normalized spacial score (nSPS) is 14.2. The van der Waals surface area contributed by atoms with E-state index >= 15 is 0 Å². The zero-order valence-electron chi connectivity index (χ0n) is 32.4. The Morgan fingerprint density at radius 1 is 0.510 bits per heavy atom. The minimum absolute atomic E-state index is 0.00149. The van der Waals surface area contributed by atoms with Gasteiger partial charge in [0.25, 0.3) is 0 Å². The van der Waals surface area contributed by atoms with Crippen LogP contribution in [0.25, 0.3) is 0 Å². The van der Waals surface area contributed by atoms with Crippen LogP contribution in [0, 0.1) is 0 Å². The molecule has 0 aromatic rings. The maximum atomic E-state index is 12.0. The summed E-state index contributed by atoms with van der Waals surface area (Å²) in [7, 11) is 0. The number of hydrogen-bond acceptors (Lipinski definition) is 8. The van der Waals surface area contributed by atoms with Crippen molar-refractivity contribution in [3.63, 3.8) is 0 Å². The fourth-order valence-corrected chi connectivity index (χ4v) is 6.12. The summed E-state index contributed by atoms with van der Waals surface area (Å²) in [6.07, 6.45) is 28.9. The second kappa shape index (κ2) is 37.7. The molecule has 0 aromatic carbocycles. The summed E-state index contributed by atoms with van der Waals surface area (Å²) in [5.41, 5.74) is 0. The monoisotopic (exact) mass is 725 g/mol. The van der Waals surface area contributed by atoms with E-state index in [4.69, 9.17) is 18.9 Å². The van der Waals surface area contributed by atoms with Crippen molar-refractivity contribution in [1.82, 2.24) is 20.0 Å². The molecule has 0 aliphatic carbocycles. The average molecular weight is 725 g/mol. The van der Waals surface area contributed by atoms with Crippen molar-refractivity contribution < 1.29 is 33.3 Å². The van der Waals surface area contributed by atoms with Crippen molar-refractivity contribution in [2.75, 3.05) is 105 Å². The van der Waals surface area contributed by atoms with Gasteiger partial charge in [0, 0.05) is 52.4 Å². The second-order valence-electron chi connectivity index (χ2n) is 13.8. The Balaban J connectivity index is 1.75. The summed E-state index contributed by atoms with van der Waals surface area (Å²) >= 11 is 0. The second-order valence-corrected chi connectivity index (χ2v) is 13.8. The Hall–Kier alpha value is -2.05. The Morgan fingerprint density at radius 3 is 1.35 bits per heavy atom. The van der Waals surface area contributed by atoms with E-state index in [1.807, 2.05) is 6.08 Å². The lowest BCUT2D eigenvalue weighted by Crippen LogP contribution is -2.38. The molecular weight excluding hydrogens is 648 g/mol. The number of ether oxygens (including phenoxy) is 4. The molecule has 1 aliphatic rings. The highest BCUT2D eigenvalue weighted by Gasteiger charge is 2.14. The van der Waals surface area contributed by atoms with Gasteiger partial charge in [-0.15, -0.1) is 6.58 Å². The van der Waals surface area contributed by atoms with Gasteiger partial charge in [-0.25, -0.2) is 0 Å². The summed E-state index contributed by atoms with van der Waals surface area (Å²) in [6.45, 7) is 12.8. The van der Waals surface area contributed by atoms with Crippen LogP contribution in [0.1, 0.15) is 122 Å². The maximum absolute atomic E-state index is 12.0. The van der Waals surface area contributed by atoms with Gasteiger partial charge in [-0.3, -0.25) is 19.3 Å². The first-order chi connectivity index (χ1) is 25.2. The zero-order chi connectivity index (χ0) is 36.7. The number of carbonyl (C=O) groups excluding carboxylic acids is 3. The number of unbranched alkanes of at least 4 members (excludes halogenated alkanes) is 17. The molecule has 0 saturated carbocycles. The van der Waals surface area contributed by atoms with Gasteiger partial charge in [0.15, 0.2) is 0 Å². The molecule has 3 amide bonds. The smallest absolute Gasteiger partial charge is 0.246 e. The fraction of sp³-hybridized carbons (Fsp3) is 0.875. The average Bonchev–Trinajstić information content (AvgIpc) is 3.24. The highest BCUT2D eigenvalue weighted by molar-refractivity contribution is 5.77. The van der Waals surface area contributed by atoms with E-state index in [-0.39, 0.29) is 12.5 Å². The van der Waals surface area contributed by atoms with Crippen LogP contribution in [0.15, 0.2) is 12.7 Å². The molecule has 1 heterocycles. The molecule has 0 spiro atoms. The van der Waals surface area contributed by atoms with Crippen LogP contribution >= 0.6 is 0 Å². The van der Waals surface area contributed by atoms with Gasteiger partial charge in [0.05, 0.1) is 39.6 Å². The SMILES string of the molecule is C=CCCCCCCCCCCCCCCCCCCCOCCOCCOCCOCC(=O)NCCCN1CCN(C=O)CCN(C=O)CC1. The van der Waals surface area contributed by atoms with E-state index in [2.05, 4.69) is 16.8 Å². The third kappa shape index (κ3) is 32.3. The van der Waals surface area contributed by atoms with E-state index < -0.39 is 0 Å². The molecule has 51 heavy (non-hydrogen) atoms. The molecule has 1 aliphatic heterocycles. The van der Waals surface area contributed by atoms with Crippen LogP contribution in [0.5, 0.6) is 0 Å². The molecular formula is C40H76N4O7. The van der Waals surface area contributed by atoms with Crippen molar-refractivity contribution in [3.8, 4) is 0 Å². The topological polar surface area (TPSA) is 110 Å². The largest absolute Gasteiger partial charge is 0.379 e. The first-order valence-electron chi connectivity index (χ1n) is 20.5. The highest BCUT2D eigenvalue weighted by Crippen LogP contribution is 2.14. The van der Waals surface area contributed by atoms with Gasteiger partial charge in [0.1, 0.15) is 6.61 Å². The van der Waals surface area contributed by atoms with Gasteiger partial charge in [-0.05, 0) is 32.2 Å². The lowest BCUT2D eigenvalue weighted by Gasteiger charge is -2.24. The molecule has 1 fully saturated rings. The molecule has 11 heteroatoms. The number of nitrogens with zero attached hydrogens (tertiary/aromatic N) is 3. The Kier molecular flexibility index (Phi) is 34.7. The third-order valence-corrected chi connectivity index (χ3v) is 9.40. The first kappa shape index (κ1) is 47.0. The summed E-state index contributed by atoms with van der Waals surface area (Å²) in [6, 6.07) is 0. The predicted molar refractivity (Wildman–Crippen MR) is 206 cm³/mol. The standard InChI is InChI=1S/C40H76N4O7/c1-2-3-4-5-6-7-8-9-10-11-12-13-14-15-16-17-18-19-20-30-48-31-32-49-33-34-50-35-36-51-37-40(47)41-22-21-23-42-24-26-43(38-45)28-29-44(39-46)27-25-42/h2,38-39H,1,3-37H2,(H,41,47). The molecule has 0 radical (unpaired) electrons.